The van der Waals surface area contributed by atoms with Gasteiger partial charge in [0, 0.05) is 10.8 Å². The predicted octanol–water partition coefficient (Wildman–Crippen LogP) is 2.40. The second-order valence-corrected chi connectivity index (χ2v) is 9.29. The molecule has 5 atom stereocenters. The van der Waals surface area contributed by atoms with E-state index in [9.17, 15) is 14.4 Å². The molecule has 7 heteroatoms. The molecule has 1 aromatic carbocycles. The summed E-state index contributed by atoms with van der Waals surface area (Å²) < 4.78 is 6.03. The van der Waals surface area contributed by atoms with Crippen molar-refractivity contribution in [1.82, 2.24) is 5.32 Å². The predicted molar refractivity (Wildman–Crippen MR) is 107 cm³/mol. The van der Waals surface area contributed by atoms with Crippen molar-refractivity contribution < 1.29 is 24.2 Å². The first-order valence-corrected chi connectivity index (χ1v) is 10.1. The second kappa shape index (κ2) is 7.78. The van der Waals surface area contributed by atoms with Crippen LogP contribution in [0.2, 0.25) is 0 Å². The second-order valence-electron chi connectivity index (χ2n) is 9.29. The van der Waals surface area contributed by atoms with E-state index in [1.54, 1.807) is 24.3 Å². The highest BCUT2D eigenvalue weighted by Crippen LogP contribution is 2.63. The Labute approximate surface area is 171 Å². The lowest BCUT2D eigenvalue weighted by Gasteiger charge is -2.42. The zero-order chi connectivity index (χ0) is 21.4. The number of amides is 1. The largest absolute Gasteiger partial charge is 0.481 e. The fourth-order valence-corrected chi connectivity index (χ4v) is 5.19. The molecule has 2 unspecified atom stereocenters. The number of carbonyl (C=O) groups excluding carboxylic acids is 2. The lowest BCUT2D eigenvalue weighted by molar-refractivity contribution is -0.168. The zero-order valence-electron chi connectivity index (χ0n) is 17.2. The van der Waals surface area contributed by atoms with Crippen LogP contribution in [0.3, 0.4) is 0 Å². The van der Waals surface area contributed by atoms with E-state index in [4.69, 9.17) is 15.6 Å². The Balaban J connectivity index is 1.80. The van der Waals surface area contributed by atoms with Crippen LogP contribution in [0.5, 0.6) is 0 Å². The number of benzene rings is 1. The third-order valence-electron chi connectivity index (χ3n) is 6.76. The Morgan fingerprint density at radius 2 is 1.90 bits per heavy atom. The maximum absolute atomic E-state index is 13.2. The van der Waals surface area contributed by atoms with Gasteiger partial charge in [-0.05, 0) is 30.7 Å². The molecule has 0 saturated heterocycles. The van der Waals surface area contributed by atoms with E-state index in [2.05, 4.69) is 26.1 Å². The van der Waals surface area contributed by atoms with Crippen molar-refractivity contribution in [1.29, 1.82) is 0 Å². The highest BCUT2D eigenvalue weighted by molar-refractivity contribution is 5.90. The number of hydrogen-bond acceptors (Lipinski definition) is 5. The van der Waals surface area contributed by atoms with Crippen LogP contribution in [0.1, 0.15) is 58.1 Å². The van der Waals surface area contributed by atoms with Crippen LogP contribution in [0.4, 0.5) is 0 Å². The highest BCUT2D eigenvalue weighted by atomic mass is 16.5. The maximum atomic E-state index is 13.2. The van der Waals surface area contributed by atoms with Gasteiger partial charge in [0.05, 0.1) is 12.5 Å². The van der Waals surface area contributed by atoms with E-state index in [0.29, 0.717) is 11.5 Å². The van der Waals surface area contributed by atoms with Crippen LogP contribution < -0.4 is 11.1 Å². The number of carboxylic acid groups (broad SMARTS) is 1. The molecule has 0 radical (unpaired) electrons. The third-order valence-corrected chi connectivity index (χ3v) is 6.76. The lowest BCUT2D eigenvalue weighted by atomic mass is 9.70. The Morgan fingerprint density at radius 3 is 2.45 bits per heavy atom. The molecular formula is C22H30N2O5. The van der Waals surface area contributed by atoms with Crippen molar-refractivity contribution in [2.45, 2.75) is 64.6 Å². The van der Waals surface area contributed by atoms with Gasteiger partial charge in [-0.15, -0.1) is 0 Å². The van der Waals surface area contributed by atoms with Gasteiger partial charge >= 0.3 is 11.9 Å². The van der Waals surface area contributed by atoms with Crippen LogP contribution in [0.25, 0.3) is 0 Å². The molecule has 2 saturated carbocycles. The van der Waals surface area contributed by atoms with Crippen LogP contribution in [-0.2, 0) is 19.1 Å². The van der Waals surface area contributed by atoms with Crippen LogP contribution in [-0.4, -0.2) is 35.1 Å². The summed E-state index contributed by atoms with van der Waals surface area (Å²) >= 11 is 0. The van der Waals surface area contributed by atoms with Gasteiger partial charge in [0.2, 0.25) is 5.91 Å². The summed E-state index contributed by atoms with van der Waals surface area (Å²) in [5.74, 6) is -1.90. The zero-order valence-corrected chi connectivity index (χ0v) is 17.2. The Bertz CT molecular complexity index is 789. The molecule has 0 aliphatic heterocycles. The van der Waals surface area contributed by atoms with E-state index in [1.165, 1.54) is 0 Å². The van der Waals surface area contributed by atoms with Gasteiger partial charge in [0.1, 0.15) is 6.10 Å². The fourth-order valence-electron chi connectivity index (χ4n) is 5.19. The maximum Gasteiger partial charge on any atom is 0.333 e. The molecule has 4 N–H and O–H groups in total. The van der Waals surface area contributed by atoms with E-state index in [-0.39, 0.29) is 16.9 Å². The monoisotopic (exact) mass is 402 g/mol. The molecule has 0 heterocycles. The first-order chi connectivity index (χ1) is 13.5. The molecule has 7 nitrogen and oxygen atoms in total. The Kier molecular flexibility index (Phi) is 5.72. The number of ether oxygens (including phenoxy) is 1. The molecule has 29 heavy (non-hydrogen) atoms. The van der Waals surface area contributed by atoms with Gasteiger partial charge in [-0.2, -0.15) is 0 Å². The van der Waals surface area contributed by atoms with Gasteiger partial charge in [0.25, 0.3) is 0 Å². The lowest BCUT2D eigenvalue weighted by Crippen LogP contribution is -2.48. The smallest absolute Gasteiger partial charge is 0.333 e. The highest BCUT2D eigenvalue weighted by Gasteiger charge is 2.61. The molecule has 2 aliphatic rings. The molecule has 0 spiro atoms. The van der Waals surface area contributed by atoms with Gasteiger partial charge in [-0.25, -0.2) is 4.79 Å². The van der Waals surface area contributed by atoms with Crippen molar-refractivity contribution >= 4 is 17.8 Å². The van der Waals surface area contributed by atoms with Crippen molar-refractivity contribution in [2.75, 3.05) is 0 Å². The minimum Gasteiger partial charge on any atom is -0.481 e. The van der Waals surface area contributed by atoms with Crippen molar-refractivity contribution in [3.63, 3.8) is 0 Å². The number of esters is 1. The standard InChI is InChI=1S/C22H30N2O5/c1-21(2)14-9-10-22(3,12-14)20(21)29-19(28)17(13-7-5-4-6-8-13)24-18(27)15(23)11-16(25)26/h4-8,14-15,17,20H,9-12,23H2,1-3H3,(H,24,27)(H,25,26)/t14?,15-,17?,20+,22+/m0/s1. The number of carboxylic acids is 1. The minimum atomic E-state index is -1.25. The normalized spacial score (nSPS) is 29.1. The summed E-state index contributed by atoms with van der Waals surface area (Å²) in [6.07, 6.45) is 2.43. The molecule has 2 aliphatic carbocycles. The molecule has 3 rings (SSSR count). The molecule has 2 fully saturated rings. The van der Waals surface area contributed by atoms with Crippen molar-refractivity contribution in [2.24, 2.45) is 22.5 Å². The first-order valence-electron chi connectivity index (χ1n) is 10.1. The summed E-state index contributed by atoms with van der Waals surface area (Å²) in [4.78, 5) is 36.5. The van der Waals surface area contributed by atoms with Crippen LogP contribution >= 0.6 is 0 Å². The molecule has 158 valence electrons. The summed E-state index contributed by atoms with van der Waals surface area (Å²) in [6.45, 7) is 6.44. The topological polar surface area (TPSA) is 119 Å². The molecule has 1 amide bonds. The van der Waals surface area contributed by atoms with E-state index in [1.807, 2.05) is 6.07 Å². The first kappa shape index (κ1) is 21.3. The number of carbonyl (C=O) groups is 3. The summed E-state index contributed by atoms with van der Waals surface area (Å²) in [7, 11) is 0. The quantitative estimate of drug-likeness (QED) is 0.603. The third kappa shape index (κ3) is 4.15. The van der Waals surface area contributed by atoms with Crippen LogP contribution in [0, 0.1) is 16.7 Å². The molecule has 2 bridgehead atoms. The number of nitrogens with one attached hydrogen (secondary N) is 1. The summed E-state index contributed by atoms with van der Waals surface area (Å²) in [5.41, 5.74) is 6.05. The number of aliphatic carboxylic acids is 1. The summed E-state index contributed by atoms with van der Waals surface area (Å²) in [6, 6.07) is 6.50. The minimum absolute atomic E-state index is 0.0607. The average molecular weight is 402 g/mol. The van der Waals surface area contributed by atoms with E-state index >= 15 is 0 Å². The van der Waals surface area contributed by atoms with Gasteiger partial charge < -0.3 is 20.9 Å². The van der Waals surface area contributed by atoms with Gasteiger partial charge in [-0.3, -0.25) is 9.59 Å². The van der Waals surface area contributed by atoms with Gasteiger partial charge in [0.15, 0.2) is 6.04 Å². The average Bonchev–Trinajstić information content (AvgIpc) is 3.14. The van der Waals surface area contributed by atoms with E-state index in [0.717, 1.165) is 19.3 Å². The Morgan fingerprint density at radius 1 is 1.24 bits per heavy atom. The fraction of sp³-hybridized carbons (Fsp3) is 0.591. The molecule has 0 aromatic heterocycles. The molecule has 1 aromatic rings. The number of fused-ring (bicyclic) bond motifs is 2. The van der Waals surface area contributed by atoms with E-state index < -0.39 is 36.4 Å². The summed E-state index contributed by atoms with van der Waals surface area (Å²) in [5, 5.41) is 11.5. The van der Waals surface area contributed by atoms with Crippen molar-refractivity contribution in [3.8, 4) is 0 Å². The molecular weight excluding hydrogens is 372 g/mol. The number of hydrogen-bond donors (Lipinski definition) is 3. The number of rotatable bonds is 7. The van der Waals surface area contributed by atoms with Gasteiger partial charge in [-0.1, -0.05) is 51.1 Å². The Hall–Kier alpha value is -2.41. The van der Waals surface area contributed by atoms with Crippen LogP contribution in [0.15, 0.2) is 30.3 Å². The van der Waals surface area contributed by atoms with Crippen molar-refractivity contribution in [3.05, 3.63) is 35.9 Å². The number of nitrogens with two attached hydrogens (primary N) is 1. The SMILES string of the molecule is CC1(C)C2CC[C@](C)(C2)[C@@H]1OC(=O)C(NC(=O)[C@@H](N)CC(=O)O)c1ccccc1.